The molecule has 1 N–H and O–H groups in total. The number of hydrogen-bond acceptors (Lipinski definition) is 3. The molecule has 1 aromatic heterocycles. The van der Waals surface area contributed by atoms with Gasteiger partial charge >= 0.3 is 0 Å². The zero-order chi connectivity index (χ0) is 19.0. The molecule has 3 nitrogen and oxygen atoms in total. The minimum absolute atomic E-state index is 0.227. The second-order valence-electron chi connectivity index (χ2n) is 6.12. The molecule has 0 aliphatic carbocycles. The number of hydrogen-bond donors (Lipinski definition) is 1. The SMILES string of the molecule is Cc1ccc(C(=O)Nc2cc(-c3nc4ccccc4s3)c(Cl)cc2Cl)cc1. The lowest BCUT2D eigenvalue weighted by molar-refractivity contribution is 0.102. The summed E-state index contributed by atoms with van der Waals surface area (Å²) in [4.78, 5) is 17.2. The lowest BCUT2D eigenvalue weighted by atomic mass is 10.1. The first-order valence-electron chi connectivity index (χ1n) is 8.24. The second kappa shape index (κ2) is 7.31. The Balaban J connectivity index is 1.70. The van der Waals surface area contributed by atoms with E-state index in [0.29, 0.717) is 21.3 Å². The van der Waals surface area contributed by atoms with Crippen LogP contribution >= 0.6 is 34.5 Å². The highest BCUT2D eigenvalue weighted by atomic mass is 35.5. The average molecular weight is 413 g/mol. The maximum atomic E-state index is 12.5. The number of thiazole rings is 1. The summed E-state index contributed by atoms with van der Waals surface area (Å²) in [5.74, 6) is -0.227. The van der Waals surface area contributed by atoms with E-state index in [1.807, 2.05) is 43.3 Å². The van der Waals surface area contributed by atoms with Crippen LogP contribution in [0.2, 0.25) is 10.0 Å². The van der Waals surface area contributed by atoms with Crippen molar-refractivity contribution < 1.29 is 4.79 Å². The predicted molar refractivity (Wildman–Crippen MR) is 114 cm³/mol. The van der Waals surface area contributed by atoms with Gasteiger partial charge in [-0.05, 0) is 43.3 Å². The molecule has 6 heteroatoms. The third-order valence-electron chi connectivity index (χ3n) is 4.14. The van der Waals surface area contributed by atoms with Crippen LogP contribution in [0.4, 0.5) is 5.69 Å². The summed E-state index contributed by atoms with van der Waals surface area (Å²) in [5, 5.41) is 4.52. The van der Waals surface area contributed by atoms with Gasteiger partial charge in [0.2, 0.25) is 0 Å². The van der Waals surface area contributed by atoms with Crippen LogP contribution < -0.4 is 5.32 Å². The van der Waals surface area contributed by atoms with Gasteiger partial charge in [-0.15, -0.1) is 11.3 Å². The molecule has 4 aromatic rings. The van der Waals surface area contributed by atoms with Crippen molar-refractivity contribution in [3.05, 3.63) is 81.8 Å². The fourth-order valence-corrected chi connectivity index (χ4v) is 4.27. The maximum absolute atomic E-state index is 12.5. The Morgan fingerprint density at radius 2 is 1.74 bits per heavy atom. The van der Waals surface area contributed by atoms with Crippen molar-refractivity contribution in [3.63, 3.8) is 0 Å². The molecule has 0 bridgehead atoms. The molecule has 0 saturated carbocycles. The number of carbonyl (C=O) groups is 1. The highest BCUT2D eigenvalue weighted by Crippen LogP contribution is 2.39. The largest absolute Gasteiger partial charge is 0.321 e. The van der Waals surface area contributed by atoms with E-state index in [9.17, 15) is 4.79 Å². The molecular weight excluding hydrogens is 399 g/mol. The Morgan fingerprint density at radius 1 is 1.00 bits per heavy atom. The summed E-state index contributed by atoms with van der Waals surface area (Å²) in [6.45, 7) is 1.97. The van der Waals surface area contributed by atoms with E-state index < -0.39 is 0 Å². The van der Waals surface area contributed by atoms with Gasteiger partial charge in [0.15, 0.2) is 0 Å². The third kappa shape index (κ3) is 3.69. The molecule has 27 heavy (non-hydrogen) atoms. The maximum Gasteiger partial charge on any atom is 0.255 e. The monoisotopic (exact) mass is 412 g/mol. The molecule has 4 rings (SSSR count). The number of amides is 1. The first-order valence-corrected chi connectivity index (χ1v) is 9.81. The van der Waals surface area contributed by atoms with E-state index in [4.69, 9.17) is 23.2 Å². The number of rotatable bonds is 3. The van der Waals surface area contributed by atoms with Crippen LogP contribution in [0.1, 0.15) is 15.9 Å². The van der Waals surface area contributed by atoms with Crippen LogP contribution in [0.15, 0.2) is 60.7 Å². The Hall–Kier alpha value is -2.40. The molecule has 3 aromatic carbocycles. The van der Waals surface area contributed by atoms with Crippen molar-refractivity contribution in [1.82, 2.24) is 4.98 Å². The molecule has 1 heterocycles. The van der Waals surface area contributed by atoms with Gasteiger partial charge in [-0.1, -0.05) is 53.0 Å². The number of nitrogens with zero attached hydrogens (tertiary/aromatic N) is 1. The van der Waals surface area contributed by atoms with E-state index >= 15 is 0 Å². The van der Waals surface area contributed by atoms with E-state index in [1.54, 1.807) is 35.6 Å². The number of anilines is 1. The molecular formula is C21H14Cl2N2OS. The molecule has 0 saturated heterocycles. The predicted octanol–water partition coefficient (Wildman–Crippen LogP) is 6.83. The highest BCUT2D eigenvalue weighted by Gasteiger charge is 2.15. The number of carbonyl (C=O) groups excluding carboxylic acids is 1. The van der Waals surface area contributed by atoms with Gasteiger partial charge in [-0.25, -0.2) is 4.98 Å². The van der Waals surface area contributed by atoms with Crippen molar-refractivity contribution >= 4 is 56.3 Å². The quantitative estimate of drug-likeness (QED) is 0.400. The van der Waals surface area contributed by atoms with Crippen molar-refractivity contribution in [3.8, 4) is 10.6 Å². The summed E-state index contributed by atoms with van der Waals surface area (Å²) in [7, 11) is 0. The van der Waals surface area contributed by atoms with Gasteiger partial charge in [0.05, 0.1) is 25.9 Å². The molecule has 0 aliphatic heterocycles. The Bertz CT molecular complexity index is 1120. The first-order chi connectivity index (χ1) is 13.0. The lowest BCUT2D eigenvalue weighted by Crippen LogP contribution is -2.12. The molecule has 1 amide bonds. The van der Waals surface area contributed by atoms with Crippen molar-refractivity contribution in [2.45, 2.75) is 6.92 Å². The van der Waals surface area contributed by atoms with Gasteiger partial charge in [0, 0.05) is 11.1 Å². The molecule has 0 spiro atoms. The van der Waals surface area contributed by atoms with Crippen LogP contribution in [-0.4, -0.2) is 10.9 Å². The fourth-order valence-electron chi connectivity index (χ4n) is 2.70. The van der Waals surface area contributed by atoms with Gasteiger partial charge in [0.1, 0.15) is 5.01 Å². The number of benzene rings is 3. The second-order valence-corrected chi connectivity index (χ2v) is 7.96. The molecule has 0 atom stereocenters. The molecule has 0 unspecified atom stereocenters. The number of halogens is 2. The average Bonchev–Trinajstić information content (AvgIpc) is 3.08. The van der Waals surface area contributed by atoms with Gasteiger partial charge in [-0.3, -0.25) is 4.79 Å². The molecule has 0 radical (unpaired) electrons. The topological polar surface area (TPSA) is 42.0 Å². The Labute approximate surface area is 170 Å². The highest BCUT2D eigenvalue weighted by molar-refractivity contribution is 7.21. The molecule has 0 aliphatic rings. The van der Waals surface area contributed by atoms with Crippen LogP contribution in [0, 0.1) is 6.92 Å². The molecule has 134 valence electrons. The number of nitrogens with one attached hydrogen (secondary N) is 1. The third-order valence-corrected chi connectivity index (χ3v) is 5.84. The summed E-state index contributed by atoms with van der Waals surface area (Å²) in [6, 6.07) is 18.6. The summed E-state index contributed by atoms with van der Waals surface area (Å²) < 4.78 is 1.07. The minimum Gasteiger partial charge on any atom is -0.321 e. The van der Waals surface area contributed by atoms with Crippen LogP contribution in [0.3, 0.4) is 0 Å². The molecule has 0 fully saturated rings. The van der Waals surface area contributed by atoms with Crippen LogP contribution in [0.5, 0.6) is 0 Å². The van der Waals surface area contributed by atoms with Gasteiger partial charge in [-0.2, -0.15) is 0 Å². The first kappa shape index (κ1) is 18.0. The smallest absolute Gasteiger partial charge is 0.255 e. The Morgan fingerprint density at radius 3 is 2.48 bits per heavy atom. The van der Waals surface area contributed by atoms with Crippen LogP contribution in [0.25, 0.3) is 20.8 Å². The number of fused-ring (bicyclic) bond motifs is 1. The van der Waals surface area contributed by atoms with Crippen LogP contribution in [-0.2, 0) is 0 Å². The summed E-state index contributed by atoms with van der Waals surface area (Å²) in [6.07, 6.45) is 0. The fraction of sp³-hybridized carbons (Fsp3) is 0.0476. The normalized spacial score (nSPS) is 10.9. The van der Waals surface area contributed by atoms with Crippen molar-refractivity contribution in [2.24, 2.45) is 0 Å². The summed E-state index contributed by atoms with van der Waals surface area (Å²) >= 11 is 14.3. The van der Waals surface area contributed by atoms with Gasteiger partial charge < -0.3 is 5.32 Å². The van der Waals surface area contributed by atoms with E-state index in [1.165, 1.54) is 0 Å². The zero-order valence-electron chi connectivity index (χ0n) is 14.3. The minimum atomic E-state index is -0.227. The van der Waals surface area contributed by atoms with E-state index in [0.717, 1.165) is 26.4 Å². The van der Waals surface area contributed by atoms with E-state index in [2.05, 4.69) is 10.3 Å². The Kier molecular flexibility index (Phi) is 4.87. The van der Waals surface area contributed by atoms with Crippen molar-refractivity contribution in [1.29, 1.82) is 0 Å². The number of aryl methyl sites for hydroxylation is 1. The zero-order valence-corrected chi connectivity index (χ0v) is 16.6. The van der Waals surface area contributed by atoms with Crippen molar-refractivity contribution in [2.75, 3.05) is 5.32 Å². The lowest BCUT2D eigenvalue weighted by Gasteiger charge is -2.10. The van der Waals surface area contributed by atoms with Gasteiger partial charge in [0.25, 0.3) is 5.91 Å². The number of aromatic nitrogens is 1. The number of para-hydroxylation sites is 1. The van der Waals surface area contributed by atoms with E-state index in [-0.39, 0.29) is 5.91 Å². The summed E-state index contributed by atoms with van der Waals surface area (Å²) in [5.41, 5.74) is 3.80. The standard InChI is InChI=1S/C21H14Cl2N2OS/c1-12-6-8-13(9-7-12)20(26)24-18-10-14(15(22)11-16(18)23)21-25-17-4-2-3-5-19(17)27-21/h2-11H,1H3,(H,24,26).